The van der Waals surface area contributed by atoms with Crippen LogP contribution in [0.2, 0.25) is 0 Å². The molecule has 2 heterocycles. The molecular weight excluding hydrogens is 380 g/mol. The smallest absolute Gasteiger partial charge is 0.336 e. The zero-order valence-corrected chi connectivity index (χ0v) is 15.3. The Bertz CT molecular complexity index is 1120. The van der Waals surface area contributed by atoms with Crippen LogP contribution in [-0.2, 0) is 11.3 Å². The Hall–Kier alpha value is -3.39. The van der Waals surface area contributed by atoms with Crippen molar-refractivity contribution in [1.82, 2.24) is 15.2 Å². The summed E-state index contributed by atoms with van der Waals surface area (Å²) in [7, 11) is 0. The fourth-order valence-corrected chi connectivity index (χ4v) is 3.57. The van der Waals surface area contributed by atoms with Crippen molar-refractivity contribution in [2.75, 3.05) is 19.6 Å². The quantitative estimate of drug-likeness (QED) is 0.708. The van der Waals surface area contributed by atoms with Crippen LogP contribution in [0.25, 0.3) is 22.2 Å². The molecule has 1 saturated heterocycles. The molecule has 1 aromatic heterocycles. The summed E-state index contributed by atoms with van der Waals surface area (Å²) in [5.74, 6) is -2.37. The number of rotatable bonds is 4. The molecule has 0 atom stereocenters. The number of aromatic nitrogens is 1. The van der Waals surface area contributed by atoms with Crippen molar-refractivity contribution < 1.29 is 23.5 Å². The zero-order chi connectivity index (χ0) is 20.5. The molecule has 0 spiro atoms. The Labute approximate surface area is 164 Å². The molecule has 0 bridgehead atoms. The topological polar surface area (TPSA) is 82.5 Å². The predicted molar refractivity (Wildman–Crippen MR) is 102 cm³/mol. The van der Waals surface area contributed by atoms with Crippen LogP contribution in [0.5, 0.6) is 0 Å². The van der Waals surface area contributed by atoms with E-state index >= 15 is 0 Å². The number of hydrogen-bond donors (Lipinski definition) is 2. The monoisotopic (exact) mass is 397 g/mol. The van der Waals surface area contributed by atoms with E-state index in [0.29, 0.717) is 35.4 Å². The summed E-state index contributed by atoms with van der Waals surface area (Å²) in [5, 5.41) is 12.8. The van der Waals surface area contributed by atoms with Crippen LogP contribution in [0, 0.1) is 11.6 Å². The van der Waals surface area contributed by atoms with Crippen LogP contribution in [0.1, 0.15) is 15.9 Å². The number of nitrogens with one attached hydrogen (secondary N) is 1. The second-order valence-electron chi connectivity index (χ2n) is 6.85. The van der Waals surface area contributed by atoms with E-state index in [0.717, 1.165) is 6.07 Å². The predicted octanol–water partition coefficient (Wildman–Crippen LogP) is 2.81. The Morgan fingerprint density at radius 1 is 1.14 bits per heavy atom. The van der Waals surface area contributed by atoms with E-state index in [-0.39, 0.29) is 29.9 Å². The maximum absolute atomic E-state index is 13.9. The van der Waals surface area contributed by atoms with Gasteiger partial charge in [-0.2, -0.15) is 0 Å². The number of amides is 1. The Morgan fingerprint density at radius 2 is 1.86 bits per heavy atom. The van der Waals surface area contributed by atoms with Crippen LogP contribution >= 0.6 is 0 Å². The van der Waals surface area contributed by atoms with E-state index in [1.165, 1.54) is 36.4 Å². The standard InChI is InChI=1S/C21H17F2N3O3/c22-13-3-1-12(2-4-13)20-16(10-26-8-7-24-18(27)11-26)19(21(28)29)15-9-14(23)5-6-17(15)25-20/h1-6,9H,7-8,10-11H2,(H,24,27)(H,28,29). The molecule has 1 amide bonds. The van der Waals surface area contributed by atoms with Crippen molar-refractivity contribution in [2.45, 2.75) is 6.54 Å². The van der Waals surface area contributed by atoms with Gasteiger partial charge in [-0.15, -0.1) is 0 Å². The second kappa shape index (κ2) is 7.56. The number of aromatic carboxylic acids is 1. The lowest BCUT2D eigenvalue weighted by Gasteiger charge is -2.28. The van der Waals surface area contributed by atoms with Gasteiger partial charge in [-0.1, -0.05) is 0 Å². The first-order valence-corrected chi connectivity index (χ1v) is 9.03. The third-order valence-electron chi connectivity index (χ3n) is 4.88. The van der Waals surface area contributed by atoms with Crippen molar-refractivity contribution in [3.8, 4) is 11.3 Å². The van der Waals surface area contributed by atoms with Gasteiger partial charge in [0.05, 0.1) is 23.3 Å². The molecule has 6 nitrogen and oxygen atoms in total. The van der Waals surface area contributed by atoms with E-state index in [1.807, 2.05) is 0 Å². The molecule has 0 unspecified atom stereocenters. The number of hydrogen-bond acceptors (Lipinski definition) is 4. The number of benzene rings is 2. The second-order valence-corrected chi connectivity index (χ2v) is 6.85. The van der Waals surface area contributed by atoms with E-state index in [9.17, 15) is 23.5 Å². The lowest BCUT2D eigenvalue weighted by atomic mass is 9.96. The van der Waals surface area contributed by atoms with Crippen LogP contribution in [-0.4, -0.2) is 46.5 Å². The highest BCUT2D eigenvalue weighted by Gasteiger charge is 2.25. The number of piperazine rings is 1. The molecule has 29 heavy (non-hydrogen) atoms. The molecule has 8 heteroatoms. The summed E-state index contributed by atoms with van der Waals surface area (Å²) in [5.41, 5.74) is 1.52. The molecule has 0 radical (unpaired) electrons. The van der Waals surface area contributed by atoms with E-state index < -0.39 is 17.6 Å². The fourth-order valence-electron chi connectivity index (χ4n) is 3.57. The Balaban J connectivity index is 1.95. The van der Waals surface area contributed by atoms with Crippen molar-refractivity contribution in [1.29, 1.82) is 0 Å². The molecule has 2 aromatic carbocycles. The number of carbonyl (C=O) groups excluding carboxylic acids is 1. The third kappa shape index (κ3) is 3.79. The van der Waals surface area contributed by atoms with Crippen LogP contribution in [0.15, 0.2) is 42.5 Å². The minimum Gasteiger partial charge on any atom is -0.478 e. The minimum absolute atomic E-state index is 0.0696. The van der Waals surface area contributed by atoms with Crippen LogP contribution < -0.4 is 5.32 Å². The maximum Gasteiger partial charge on any atom is 0.336 e. The molecule has 1 aliphatic rings. The van der Waals surface area contributed by atoms with Gasteiger partial charge in [0, 0.05) is 36.1 Å². The lowest BCUT2D eigenvalue weighted by molar-refractivity contribution is -0.124. The molecule has 0 aliphatic carbocycles. The van der Waals surface area contributed by atoms with Gasteiger partial charge >= 0.3 is 5.97 Å². The van der Waals surface area contributed by atoms with Crippen LogP contribution in [0.4, 0.5) is 8.78 Å². The highest BCUT2D eigenvalue weighted by atomic mass is 19.1. The average Bonchev–Trinajstić information content (AvgIpc) is 2.68. The number of halogens is 2. The molecule has 1 fully saturated rings. The van der Waals surface area contributed by atoms with E-state index in [2.05, 4.69) is 10.3 Å². The first kappa shape index (κ1) is 18.9. The highest BCUT2D eigenvalue weighted by molar-refractivity contribution is 6.05. The van der Waals surface area contributed by atoms with Gasteiger partial charge in [0.1, 0.15) is 11.6 Å². The molecule has 148 valence electrons. The number of fused-ring (bicyclic) bond motifs is 1. The molecular formula is C21H17F2N3O3. The van der Waals surface area contributed by atoms with Gasteiger partial charge in [0.15, 0.2) is 0 Å². The normalized spacial score (nSPS) is 14.8. The highest BCUT2D eigenvalue weighted by Crippen LogP contribution is 2.32. The first-order valence-electron chi connectivity index (χ1n) is 9.03. The number of carboxylic acid groups (broad SMARTS) is 1. The van der Waals surface area contributed by atoms with Crippen molar-refractivity contribution >= 4 is 22.8 Å². The van der Waals surface area contributed by atoms with E-state index in [1.54, 1.807) is 4.90 Å². The van der Waals surface area contributed by atoms with Crippen molar-refractivity contribution in [3.63, 3.8) is 0 Å². The minimum atomic E-state index is -1.22. The summed E-state index contributed by atoms with van der Waals surface area (Å²) in [6.07, 6.45) is 0. The summed E-state index contributed by atoms with van der Waals surface area (Å²) < 4.78 is 27.3. The number of pyridine rings is 1. The van der Waals surface area contributed by atoms with Gasteiger partial charge in [-0.25, -0.2) is 18.6 Å². The SMILES string of the molecule is O=C1CN(Cc2c(-c3ccc(F)cc3)nc3ccc(F)cc3c2C(=O)O)CCN1. The van der Waals surface area contributed by atoms with Gasteiger partial charge < -0.3 is 10.4 Å². The van der Waals surface area contributed by atoms with Crippen LogP contribution in [0.3, 0.4) is 0 Å². The summed E-state index contributed by atoms with van der Waals surface area (Å²) in [4.78, 5) is 30.3. The maximum atomic E-state index is 13.9. The summed E-state index contributed by atoms with van der Waals surface area (Å²) >= 11 is 0. The first-order chi connectivity index (χ1) is 13.9. The van der Waals surface area contributed by atoms with E-state index in [4.69, 9.17) is 0 Å². The lowest BCUT2D eigenvalue weighted by Crippen LogP contribution is -2.47. The number of nitrogens with zero attached hydrogens (tertiary/aromatic N) is 2. The largest absolute Gasteiger partial charge is 0.478 e. The summed E-state index contributed by atoms with van der Waals surface area (Å²) in [6, 6.07) is 9.35. The van der Waals surface area contributed by atoms with Crippen molar-refractivity contribution in [3.05, 3.63) is 65.2 Å². The third-order valence-corrected chi connectivity index (χ3v) is 4.88. The zero-order valence-electron chi connectivity index (χ0n) is 15.3. The van der Waals surface area contributed by atoms with Gasteiger partial charge in [-0.3, -0.25) is 9.69 Å². The summed E-state index contributed by atoms with van der Waals surface area (Å²) in [6.45, 7) is 1.24. The number of carboxylic acids is 1. The van der Waals surface area contributed by atoms with Crippen molar-refractivity contribution in [2.24, 2.45) is 0 Å². The molecule has 4 rings (SSSR count). The van der Waals surface area contributed by atoms with Gasteiger partial charge in [-0.05, 0) is 42.5 Å². The fraction of sp³-hybridized carbons (Fsp3) is 0.190. The average molecular weight is 397 g/mol. The molecule has 3 aromatic rings. The number of carbonyl (C=O) groups is 2. The Kier molecular flexibility index (Phi) is 4.94. The van der Waals surface area contributed by atoms with Gasteiger partial charge in [0.2, 0.25) is 5.91 Å². The Morgan fingerprint density at radius 3 is 2.55 bits per heavy atom. The van der Waals surface area contributed by atoms with Gasteiger partial charge in [0.25, 0.3) is 0 Å². The molecule has 1 aliphatic heterocycles. The molecule has 2 N–H and O–H groups in total. The molecule has 0 saturated carbocycles.